The normalized spacial score (nSPS) is 17.6. The molecule has 0 aliphatic heterocycles. The standard InChI is InChI=1S/C21H18N2O/c24-20-13-17(15-5-2-1-3-6-15)12-19(14-20)23-18-8-9-21-16(11-18)7-4-10-22-21/h1-11,14,17,23H,12-13H2. The van der Waals surface area contributed by atoms with Crippen LogP contribution in [0.25, 0.3) is 10.9 Å². The van der Waals surface area contributed by atoms with Gasteiger partial charge in [0.1, 0.15) is 0 Å². The highest BCUT2D eigenvalue weighted by atomic mass is 16.1. The Balaban J connectivity index is 1.57. The maximum Gasteiger partial charge on any atom is 0.158 e. The summed E-state index contributed by atoms with van der Waals surface area (Å²) < 4.78 is 0. The Bertz CT molecular complexity index is 915. The van der Waals surface area contributed by atoms with Gasteiger partial charge in [0.2, 0.25) is 0 Å². The highest BCUT2D eigenvalue weighted by Crippen LogP contribution is 2.32. The van der Waals surface area contributed by atoms with Crippen LogP contribution in [-0.2, 0) is 4.79 Å². The monoisotopic (exact) mass is 314 g/mol. The minimum Gasteiger partial charge on any atom is -0.359 e. The number of carbonyl (C=O) groups is 1. The molecule has 3 aromatic rings. The molecule has 0 spiro atoms. The number of carbonyl (C=O) groups excluding carboxylic acids is 1. The Hall–Kier alpha value is -2.94. The van der Waals surface area contributed by atoms with Crippen LogP contribution in [-0.4, -0.2) is 10.8 Å². The van der Waals surface area contributed by atoms with E-state index in [0.29, 0.717) is 6.42 Å². The molecular weight excluding hydrogens is 296 g/mol. The predicted octanol–water partition coefficient (Wildman–Crippen LogP) is 4.68. The van der Waals surface area contributed by atoms with Crippen LogP contribution in [0.5, 0.6) is 0 Å². The van der Waals surface area contributed by atoms with E-state index in [1.54, 1.807) is 12.3 Å². The van der Waals surface area contributed by atoms with Crippen molar-refractivity contribution in [2.45, 2.75) is 18.8 Å². The van der Waals surface area contributed by atoms with Gasteiger partial charge in [0.25, 0.3) is 0 Å². The van der Waals surface area contributed by atoms with Crippen LogP contribution in [0.2, 0.25) is 0 Å². The number of pyridine rings is 1. The number of anilines is 1. The van der Waals surface area contributed by atoms with Crippen molar-refractivity contribution in [3.05, 3.63) is 84.2 Å². The summed E-state index contributed by atoms with van der Waals surface area (Å²) in [5, 5.41) is 4.50. The Morgan fingerprint density at radius 2 is 1.83 bits per heavy atom. The Labute approximate surface area is 141 Å². The van der Waals surface area contributed by atoms with E-state index in [9.17, 15) is 4.79 Å². The van der Waals surface area contributed by atoms with Gasteiger partial charge < -0.3 is 5.32 Å². The van der Waals surface area contributed by atoms with Crippen molar-refractivity contribution in [1.82, 2.24) is 4.98 Å². The minimum absolute atomic E-state index is 0.181. The Morgan fingerprint density at radius 3 is 2.71 bits per heavy atom. The number of hydrogen-bond acceptors (Lipinski definition) is 3. The van der Waals surface area contributed by atoms with Crippen molar-refractivity contribution in [1.29, 1.82) is 0 Å². The average Bonchev–Trinajstić information content (AvgIpc) is 2.62. The first-order chi connectivity index (χ1) is 11.8. The van der Waals surface area contributed by atoms with Gasteiger partial charge in [-0.25, -0.2) is 0 Å². The third kappa shape index (κ3) is 3.06. The van der Waals surface area contributed by atoms with Gasteiger partial charge in [0, 0.05) is 35.5 Å². The molecule has 0 amide bonds. The number of benzene rings is 2. The van der Waals surface area contributed by atoms with Gasteiger partial charge in [0.15, 0.2) is 5.78 Å². The Morgan fingerprint density at radius 1 is 0.958 bits per heavy atom. The first-order valence-electron chi connectivity index (χ1n) is 8.18. The number of rotatable bonds is 3. The zero-order chi connectivity index (χ0) is 16.4. The zero-order valence-corrected chi connectivity index (χ0v) is 13.3. The molecule has 1 aromatic heterocycles. The van der Waals surface area contributed by atoms with E-state index < -0.39 is 0 Å². The van der Waals surface area contributed by atoms with Crippen LogP contribution in [0.1, 0.15) is 24.3 Å². The van der Waals surface area contributed by atoms with Crippen LogP contribution in [0.3, 0.4) is 0 Å². The van der Waals surface area contributed by atoms with Crippen LogP contribution in [0.15, 0.2) is 78.6 Å². The molecule has 1 aliphatic rings. The lowest BCUT2D eigenvalue weighted by molar-refractivity contribution is -0.115. The fraction of sp³-hybridized carbons (Fsp3) is 0.143. The lowest BCUT2D eigenvalue weighted by Gasteiger charge is -2.23. The number of aromatic nitrogens is 1. The molecule has 1 atom stereocenters. The predicted molar refractivity (Wildman–Crippen MR) is 96.9 cm³/mol. The summed E-state index contributed by atoms with van der Waals surface area (Å²) in [6.45, 7) is 0. The SMILES string of the molecule is O=C1C=C(Nc2ccc3ncccc3c2)CC(c2ccccc2)C1. The smallest absolute Gasteiger partial charge is 0.158 e. The molecule has 118 valence electrons. The van der Waals surface area contributed by atoms with Crippen molar-refractivity contribution in [3.63, 3.8) is 0 Å². The average molecular weight is 314 g/mol. The molecule has 1 unspecified atom stereocenters. The zero-order valence-electron chi connectivity index (χ0n) is 13.3. The summed E-state index contributed by atoms with van der Waals surface area (Å²) in [5.74, 6) is 0.424. The Kier molecular flexibility index (Phi) is 3.83. The summed E-state index contributed by atoms with van der Waals surface area (Å²) in [7, 11) is 0. The molecule has 3 nitrogen and oxygen atoms in total. The summed E-state index contributed by atoms with van der Waals surface area (Å²) in [4.78, 5) is 16.5. The van der Waals surface area contributed by atoms with Crippen LogP contribution in [0.4, 0.5) is 5.69 Å². The molecule has 0 fully saturated rings. The van der Waals surface area contributed by atoms with Gasteiger partial charge in [-0.05, 0) is 42.2 Å². The lowest BCUT2D eigenvalue weighted by atomic mass is 9.85. The maximum atomic E-state index is 12.1. The molecule has 2 aromatic carbocycles. The molecule has 24 heavy (non-hydrogen) atoms. The number of ketones is 1. The van der Waals surface area contributed by atoms with Gasteiger partial charge in [-0.15, -0.1) is 0 Å². The van der Waals surface area contributed by atoms with Crippen LogP contribution >= 0.6 is 0 Å². The molecule has 0 bridgehead atoms. The van der Waals surface area contributed by atoms with E-state index in [2.05, 4.69) is 28.5 Å². The van der Waals surface area contributed by atoms with Crippen molar-refractivity contribution in [2.75, 3.05) is 5.32 Å². The maximum absolute atomic E-state index is 12.1. The van der Waals surface area contributed by atoms with Crippen molar-refractivity contribution >= 4 is 22.4 Å². The van der Waals surface area contributed by atoms with E-state index in [-0.39, 0.29) is 11.7 Å². The van der Waals surface area contributed by atoms with Gasteiger partial charge in [0.05, 0.1) is 5.52 Å². The van der Waals surface area contributed by atoms with E-state index in [1.165, 1.54) is 5.56 Å². The van der Waals surface area contributed by atoms with Gasteiger partial charge in [-0.1, -0.05) is 36.4 Å². The quantitative estimate of drug-likeness (QED) is 0.763. The fourth-order valence-electron chi connectivity index (χ4n) is 3.28. The summed E-state index contributed by atoms with van der Waals surface area (Å²) in [6, 6.07) is 20.3. The van der Waals surface area contributed by atoms with Gasteiger partial charge >= 0.3 is 0 Å². The minimum atomic E-state index is 0.181. The molecule has 4 rings (SSSR count). The molecule has 1 heterocycles. The molecule has 3 heteroatoms. The van der Waals surface area contributed by atoms with Gasteiger partial charge in [-0.3, -0.25) is 9.78 Å². The summed E-state index contributed by atoms with van der Waals surface area (Å²) in [5.41, 5.74) is 4.16. The third-order valence-corrected chi connectivity index (χ3v) is 4.43. The third-order valence-electron chi connectivity index (χ3n) is 4.43. The molecule has 1 N–H and O–H groups in total. The van der Waals surface area contributed by atoms with E-state index >= 15 is 0 Å². The second kappa shape index (κ2) is 6.28. The fourth-order valence-corrected chi connectivity index (χ4v) is 3.28. The number of nitrogens with zero attached hydrogens (tertiary/aromatic N) is 1. The van der Waals surface area contributed by atoms with Crippen molar-refractivity contribution in [2.24, 2.45) is 0 Å². The number of fused-ring (bicyclic) bond motifs is 1. The van der Waals surface area contributed by atoms with E-state index in [1.807, 2.05) is 42.5 Å². The molecular formula is C21H18N2O. The molecule has 0 radical (unpaired) electrons. The summed E-state index contributed by atoms with van der Waals surface area (Å²) in [6.07, 6.45) is 4.97. The second-order valence-electron chi connectivity index (χ2n) is 6.19. The number of hydrogen-bond donors (Lipinski definition) is 1. The second-order valence-corrected chi connectivity index (χ2v) is 6.19. The summed E-state index contributed by atoms with van der Waals surface area (Å²) >= 11 is 0. The number of nitrogens with one attached hydrogen (secondary N) is 1. The first-order valence-corrected chi connectivity index (χ1v) is 8.18. The largest absolute Gasteiger partial charge is 0.359 e. The molecule has 0 saturated heterocycles. The molecule has 0 saturated carbocycles. The van der Waals surface area contributed by atoms with Crippen LogP contribution < -0.4 is 5.32 Å². The van der Waals surface area contributed by atoms with Gasteiger partial charge in [-0.2, -0.15) is 0 Å². The van der Waals surface area contributed by atoms with E-state index in [0.717, 1.165) is 28.7 Å². The number of allylic oxidation sites excluding steroid dienone is 2. The van der Waals surface area contributed by atoms with Crippen LogP contribution in [0, 0.1) is 0 Å². The molecule has 1 aliphatic carbocycles. The van der Waals surface area contributed by atoms with Crippen molar-refractivity contribution < 1.29 is 4.79 Å². The topological polar surface area (TPSA) is 42.0 Å². The first kappa shape index (κ1) is 14.6. The highest BCUT2D eigenvalue weighted by Gasteiger charge is 2.22. The van der Waals surface area contributed by atoms with Crippen molar-refractivity contribution in [3.8, 4) is 0 Å². The van der Waals surface area contributed by atoms with E-state index in [4.69, 9.17) is 0 Å². The highest BCUT2D eigenvalue weighted by molar-refractivity contribution is 5.93. The lowest BCUT2D eigenvalue weighted by Crippen LogP contribution is -2.16.